The van der Waals surface area contributed by atoms with Crippen molar-refractivity contribution in [1.82, 2.24) is 20.2 Å². The number of tetrazole rings is 1. The number of nitrogens with one attached hydrogen (secondary N) is 1. The van der Waals surface area contributed by atoms with Gasteiger partial charge >= 0.3 is 6.36 Å². The molecule has 2 aromatic carbocycles. The van der Waals surface area contributed by atoms with Gasteiger partial charge < -0.3 is 4.74 Å². The maximum atomic E-state index is 12.6. The Morgan fingerprint density at radius 2 is 1.83 bits per heavy atom. The van der Waals surface area contributed by atoms with Gasteiger partial charge in [0.05, 0.1) is 10.9 Å². The third-order valence-corrected chi connectivity index (χ3v) is 5.52. The van der Waals surface area contributed by atoms with Crippen LogP contribution in [0.2, 0.25) is 0 Å². The third-order valence-electron chi connectivity index (χ3n) is 4.13. The van der Waals surface area contributed by atoms with Crippen molar-refractivity contribution in [3.63, 3.8) is 0 Å². The molecule has 0 radical (unpaired) electrons. The summed E-state index contributed by atoms with van der Waals surface area (Å²) in [6, 6.07) is 10.7. The first-order valence-corrected chi connectivity index (χ1v) is 9.96. The zero-order valence-corrected chi connectivity index (χ0v) is 15.5. The number of rotatable bonds is 6. The van der Waals surface area contributed by atoms with Gasteiger partial charge in [-0.15, -0.1) is 18.3 Å². The van der Waals surface area contributed by atoms with Gasteiger partial charge in [-0.05, 0) is 59.7 Å². The van der Waals surface area contributed by atoms with Gasteiger partial charge in [0.2, 0.25) is 0 Å². The second-order valence-electron chi connectivity index (χ2n) is 6.38. The largest absolute Gasteiger partial charge is 0.573 e. The molecule has 1 N–H and O–H groups in total. The summed E-state index contributed by atoms with van der Waals surface area (Å²) < 4.78 is 69.7. The summed E-state index contributed by atoms with van der Waals surface area (Å²) in [7, 11) is -4.02. The molecule has 1 aliphatic carbocycles. The topological polar surface area (TPSA) is 99.0 Å². The fraction of sp³-hybridized carbons (Fsp3) is 0.235. The fourth-order valence-electron chi connectivity index (χ4n) is 2.71. The number of hydrogen-bond acceptors (Lipinski definition) is 6. The SMILES string of the molecule is O=S(=O)(Nc1cccc(-c2nnnn2C2CC2)c1)c1ccc(OC(F)(F)F)cc1. The van der Waals surface area contributed by atoms with Gasteiger partial charge in [-0.2, -0.15) is 0 Å². The lowest BCUT2D eigenvalue weighted by atomic mass is 10.2. The Balaban J connectivity index is 1.54. The van der Waals surface area contributed by atoms with Gasteiger partial charge in [0, 0.05) is 11.3 Å². The quantitative estimate of drug-likeness (QED) is 0.650. The minimum absolute atomic E-state index is 0.208. The Labute approximate surface area is 163 Å². The molecule has 3 aromatic rings. The van der Waals surface area contributed by atoms with Gasteiger partial charge in [-0.3, -0.25) is 4.72 Å². The van der Waals surface area contributed by atoms with Gasteiger partial charge in [-0.1, -0.05) is 12.1 Å². The Kier molecular flexibility index (Phi) is 4.65. The van der Waals surface area contributed by atoms with Crippen LogP contribution < -0.4 is 9.46 Å². The molecule has 1 fully saturated rings. The molecule has 1 saturated carbocycles. The highest BCUT2D eigenvalue weighted by atomic mass is 32.2. The number of hydrogen-bond donors (Lipinski definition) is 1. The Hall–Kier alpha value is -3.15. The molecule has 152 valence electrons. The molecular weight excluding hydrogens is 411 g/mol. The molecule has 4 rings (SSSR count). The highest BCUT2D eigenvalue weighted by molar-refractivity contribution is 7.92. The van der Waals surface area contributed by atoms with E-state index in [1.165, 1.54) is 0 Å². The standard InChI is InChI=1S/C17H14F3N5O3S/c18-17(19,20)28-14-6-8-15(9-7-14)29(26,27)22-12-3-1-2-11(10-12)16-21-23-24-25(16)13-4-5-13/h1-3,6-10,13,22H,4-5H2. The summed E-state index contributed by atoms with van der Waals surface area (Å²) in [5.74, 6) is 0.0209. The first-order valence-electron chi connectivity index (χ1n) is 8.48. The summed E-state index contributed by atoms with van der Waals surface area (Å²) >= 11 is 0. The van der Waals surface area contributed by atoms with E-state index in [1.807, 2.05) is 0 Å². The highest BCUT2D eigenvalue weighted by Gasteiger charge is 2.31. The molecule has 1 heterocycles. The molecule has 0 amide bonds. The summed E-state index contributed by atoms with van der Waals surface area (Å²) in [6.07, 6.45) is -2.88. The molecule has 0 aliphatic heterocycles. The van der Waals surface area contributed by atoms with E-state index < -0.39 is 22.1 Å². The van der Waals surface area contributed by atoms with Crippen molar-refractivity contribution < 1.29 is 26.3 Å². The Morgan fingerprint density at radius 1 is 1.10 bits per heavy atom. The lowest BCUT2D eigenvalue weighted by molar-refractivity contribution is -0.274. The predicted octanol–water partition coefficient (Wildman–Crippen LogP) is 3.37. The normalized spacial score (nSPS) is 14.6. The van der Waals surface area contributed by atoms with Crippen LogP contribution in [-0.4, -0.2) is 35.0 Å². The predicted molar refractivity (Wildman–Crippen MR) is 95.5 cm³/mol. The second-order valence-corrected chi connectivity index (χ2v) is 8.07. The lowest BCUT2D eigenvalue weighted by Gasteiger charge is -2.11. The van der Waals surface area contributed by atoms with Crippen LogP contribution in [0.3, 0.4) is 0 Å². The zero-order chi connectivity index (χ0) is 20.6. The number of aromatic nitrogens is 4. The number of alkyl halides is 3. The lowest BCUT2D eigenvalue weighted by Crippen LogP contribution is -2.17. The first-order chi connectivity index (χ1) is 13.7. The van der Waals surface area contributed by atoms with Crippen molar-refractivity contribution in [2.24, 2.45) is 0 Å². The van der Waals surface area contributed by atoms with Gasteiger partial charge in [0.1, 0.15) is 5.75 Å². The van der Waals surface area contributed by atoms with Gasteiger partial charge in [0.15, 0.2) is 5.82 Å². The molecule has 0 spiro atoms. The van der Waals surface area contributed by atoms with E-state index in [1.54, 1.807) is 28.9 Å². The van der Waals surface area contributed by atoms with Crippen LogP contribution in [0.4, 0.5) is 18.9 Å². The molecule has 1 aliphatic rings. The number of halogens is 3. The summed E-state index contributed by atoms with van der Waals surface area (Å²) in [4.78, 5) is -0.208. The summed E-state index contributed by atoms with van der Waals surface area (Å²) in [5.41, 5.74) is 0.902. The number of benzene rings is 2. The van der Waals surface area contributed by atoms with Crippen molar-refractivity contribution in [3.8, 4) is 17.1 Å². The number of anilines is 1. The van der Waals surface area contributed by atoms with Crippen molar-refractivity contribution in [2.45, 2.75) is 30.1 Å². The van der Waals surface area contributed by atoms with Crippen LogP contribution in [0.25, 0.3) is 11.4 Å². The number of sulfonamides is 1. The maximum Gasteiger partial charge on any atom is 0.573 e. The van der Waals surface area contributed by atoms with Gasteiger partial charge in [-0.25, -0.2) is 13.1 Å². The van der Waals surface area contributed by atoms with Crippen LogP contribution in [0.15, 0.2) is 53.4 Å². The van der Waals surface area contributed by atoms with E-state index in [9.17, 15) is 21.6 Å². The van der Waals surface area contributed by atoms with E-state index in [0.717, 1.165) is 37.1 Å². The van der Waals surface area contributed by atoms with E-state index in [4.69, 9.17) is 0 Å². The van der Waals surface area contributed by atoms with E-state index >= 15 is 0 Å². The minimum Gasteiger partial charge on any atom is -0.406 e. The van der Waals surface area contributed by atoms with E-state index in [0.29, 0.717) is 11.4 Å². The molecule has 0 bridgehead atoms. The van der Waals surface area contributed by atoms with Crippen LogP contribution in [-0.2, 0) is 10.0 Å². The van der Waals surface area contributed by atoms with E-state index in [-0.39, 0.29) is 16.6 Å². The third kappa shape index (κ3) is 4.47. The van der Waals surface area contributed by atoms with Crippen LogP contribution in [0, 0.1) is 0 Å². The maximum absolute atomic E-state index is 12.6. The van der Waals surface area contributed by atoms with Crippen LogP contribution in [0.5, 0.6) is 5.75 Å². The number of nitrogens with zero attached hydrogens (tertiary/aromatic N) is 4. The summed E-state index contributed by atoms with van der Waals surface area (Å²) in [5, 5.41) is 11.6. The smallest absolute Gasteiger partial charge is 0.406 e. The molecule has 29 heavy (non-hydrogen) atoms. The fourth-order valence-corrected chi connectivity index (χ4v) is 3.75. The minimum atomic E-state index is -4.85. The van der Waals surface area contributed by atoms with Crippen LogP contribution >= 0.6 is 0 Å². The average molecular weight is 425 g/mol. The van der Waals surface area contributed by atoms with Crippen molar-refractivity contribution in [3.05, 3.63) is 48.5 Å². The Morgan fingerprint density at radius 3 is 2.48 bits per heavy atom. The average Bonchev–Trinajstić information content (AvgIpc) is 3.37. The molecule has 0 unspecified atom stereocenters. The van der Waals surface area contributed by atoms with Crippen molar-refractivity contribution >= 4 is 15.7 Å². The molecule has 0 atom stereocenters. The van der Waals surface area contributed by atoms with Crippen LogP contribution in [0.1, 0.15) is 18.9 Å². The molecule has 1 aromatic heterocycles. The molecular formula is C17H14F3N5O3S. The second kappa shape index (κ2) is 7.03. The molecule has 12 heteroatoms. The monoisotopic (exact) mass is 425 g/mol. The summed E-state index contributed by atoms with van der Waals surface area (Å²) in [6.45, 7) is 0. The van der Waals surface area contributed by atoms with Crippen molar-refractivity contribution in [1.29, 1.82) is 0 Å². The zero-order valence-electron chi connectivity index (χ0n) is 14.7. The first kappa shape index (κ1) is 19.2. The molecule has 8 nitrogen and oxygen atoms in total. The van der Waals surface area contributed by atoms with Gasteiger partial charge in [0.25, 0.3) is 10.0 Å². The Bertz CT molecular complexity index is 1130. The number of ether oxygens (including phenoxy) is 1. The molecule has 0 saturated heterocycles. The highest BCUT2D eigenvalue weighted by Crippen LogP contribution is 2.37. The van der Waals surface area contributed by atoms with Crippen molar-refractivity contribution in [2.75, 3.05) is 4.72 Å². The van der Waals surface area contributed by atoms with E-state index in [2.05, 4.69) is 25.0 Å².